The maximum absolute atomic E-state index is 12.8. The fourth-order valence-corrected chi connectivity index (χ4v) is 4.48. The second-order valence-electron chi connectivity index (χ2n) is 5.97. The summed E-state index contributed by atoms with van der Waals surface area (Å²) in [7, 11) is -3.57. The van der Waals surface area contributed by atoms with Crippen molar-refractivity contribution in [2.75, 3.05) is 13.1 Å². The summed E-state index contributed by atoms with van der Waals surface area (Å²) >= 11 is 6.08. The highest BCUT2D eigenvalue weighted by Crippen LogP contribution is 2.37. The zero-order valence-corrected chi connectivity index (χ0v) is 13.2. The van der Waals surface area contributed by atoms with Gasteiger partial charge in [-0.15, -0.1) is 0 Å². The van der Waals surface area contributed by atoms with E-state index in [4.69, 9.17) is 16.9 Å². The van der Waals surface area contributed by atoms with Gasteiger partial charge >= 0.3 is 0 Å². The highest BCUT2D eigenvalue weighted by molar-refractivity contribution is 7.89. The topological polar surface area (TPSA) is 61.2 Å². The predicted molar refractivity (Wildman–Crippen MR) is 80.4 cm³/mol. The summed E-state index contributed by atoms with van der Waals surface area (Å²) in [6.45, 7) is 1.18. The van der Waals surface area contributed by atoms with Crippen molar-refractivity contribution >= 4 is 21.6 Å². The first-order valence-corrected chi connectivity index (χ1v) is 9.02. The molecular formula is C15H17ClN2O2S. The molecule has 0 heterocycles. The zero-order chi connectivity index (χ0) is 15.0. The van der Waals surface area contributed by atoms with Crippen molar-refractivity contribution in [2.24, 2.45) is 11.8 Å². The van der Waals surface area contributed by atoms with Crippen LogP contribution >= 0.6 is 11.6 Å². The monoisotopic (exact) mass is 324 g/mol. The number of benzene rings is 1. The van der Waals surface area contributed by atoms with E-state index >= 15 is 0 Å². The Labute approximate surface area is 130 Å². The molecule has 0 N–H and O–H groups in total. The van der Waals surface area contributed by atoms with Gasteiger partial charge in [0.15, 0.2) is 0 Å². The molecular weight excluding hydrogens is 308 g/mol. The van der Waals surface area contributed by atoms with Crippen molar-refractivity contribution in [1.82, 2.24) is 4.31 Å². The molecule has 4 nitrogen and oxygen atoms in total. The number of nitrogens with zero attached hydrogens (tertiary/aromatic N) is 2. The van der Waals surface area contributed by atoms with E-state index in [1.54, 1.807) is 4.31 Å². The largest absolute Gasteiger partial charge is 0.244 e. The molecule has 2 aliphatic carbocycles. The second kappa shape index (κ2) is 5.60. The Balaban J connectivity index is 1.90. The molecule has 0 spiro atoms. The van der Waals surface area contributed by atoms with Crippen molar-refractivity contribution < 1.29 is 8.42 Å². The SMILES string of the molecule is N#Cc1ccc(S(=O)(=O)N(CC2CC2)CC2CC2)c(Cl)c1. The Bertz CT molecular complexity index is 674. The van der Waals surface area contributed by atoms with E-state index in [-0.39, 0.29) is 9.92 Å². The third-order valence-corrected chi connectivity index (χ3v) is 6.31. The van der Waals surface area contributed by atoms with Gasteiger partial charge in [-0.05, 0) is 55.7 Å². The molecule has 2 saturated carbocycles. The third kappa shape index (κ3) is 3.39. The normalized spacial score (nSPS) is 18.7. The maximum atomic E-state index is 12.8. The highest BCUT2D eigenvalue weighted by Gasteiger charge is 2.36. The predicted octanol–water partition coefficient (Wildman–Crippen LogP) is 3.02. The molecule has 2 aliphatic rings. The van der Waals surface area contributed by atoms with Gasteiger partial charge in [-0.2, -0.15) is 9.57 Å². The van der Waals surface area contributed by atoms with Gasteiger partial charge in [0.1, 0.15) is 4.90 Å². The molecule has 2 fully saturated rings. The molecule has 0 aliphatic heterocycles. The van der Waals surface area contributed by atoms with Crippen molar-refractivity contribution in [2.45, 2.75) is 30.6 Å². The number of rotatable bonds is 6. The number of nitriles is 1. The van der Waals surface area contributed by atoms with Crippen LogP contribution in [-0.4, -0.2) is 25.8 Å². The van der Waals surface area contributed by atoms with Crippen molar-refractivity contribution in [3.05, 3.63) is 28.8 Å². The fourth-order valence-electron chi connectivity index (χ4n) is 2.37. The average Bonchev–Trinajstić information content (AvgIpc) is 3.32. The molecule has 21 heavy (non-hydrogen) atoms. The Morgan fingerprint density at radius 2 is 1.76 bits per heavy atom. The van der Waals surface area contributed by atoms with E-state index in [9.17, 15) is 8.42 Å². The van der Waals surface area contributed by atoms with Crippen LogP contribution in [0.2, 0.25) is 5.02 Å². The average molecular weight is 325 g/mol. The highest BCUT2D eigenvalue weighted by atomic mass is 35.5. The first-order chi connectivity index (χ1) is 10.0. The molecule has 0 bridgehead atoms. The van der Waals surface area contributed by atoms with Crippen LogP contribution in [0.15, 0.2) is 23.1 Å². The van der Waals surface area contributed by atoms with Crippen LogP contribution in [0.5, 0.6) is 0 Å². The zero-order valence-electron chi connectivity index (χ0n) is 11.6. The summed E-state index contributed by atoms with van der Waals surface area (Å²) in [5, 5.41) is 8.98. The smallest absolute Gasteiger partial charge is 0.207 e. The third-order valence-electron chi connectivity index (χ3n) is 4.00. The minimum atomic E-state index is -3.57. The van der Waals surface area contributed by atoms with Crippen LogP contribution in [-0.2, 0) is 10.0 Å². The molecule has 3 rings (SSSR count). The Morgan fingerprint density at radius 1 is 1.19 bits per heavy atom. The van der Waals surface area contributed by atoms with Crippen molar-refractivity contribution in [3.63, 3.8) is 0 Å². The van der Waals surface area contributed by atoms with Gasteiger partial charge in [0.25, 0.3) is 0 Å². The van der Waals surface area contributed by atoms with Gasteiger partial charge in [-0.1, -0.05) is 11.6 Å². The van der Waals surface area contributed by atoms with Gasteiger partial charge in [0.05, 0.1) is 16.7 Å². The standard InChI is InChI=1S/C15H17ClN2O2S/c16-14-7-13(8-17)5-6-15(14)21(19,20)18(9-11-1-2-11)10-12-3-4-12/h5-7,11-12H,1-4,9-10H2. The van der Waals surface area contributed by atoms with Crippen LogP contribution in [0, 0.1) is 23.2 Å². The maximum Gasteiger partial charge on any atom is 0.244 e. The van der Waals surface area contributed by atoms with E-state index in [0.717, 1.165) is 25.7 Å². The summed E-state index contributed by atoms with van der Waals surface area (Å²) in [6.07, 6.45) is 4.44. The molecule has 0 aromatic heterocycles. The van der Waals surface area contributed by atoms with Gasteiger partial charge in [0.2, 0.25) is 10.0 Å². The van der Waals surface area contributed by atoms with Crippen LogP contribution in [0.1, 0.15) is 31.2 Å². The molecule has 1 aromatic rings. The molecule has 1 aromatic carbocycles. The lowest BCUT2D eigenvalue weighted by Gasteiger charge is -2.22. The Morgan fingerprint density at radius 3 is 2.19 bits per heavy atom. The lowest BCUT2D eigenvalue weighted by atomic mass is 10.2. The number of sulfonamides is 1. The van der Waals surface area contributed by atoms with E-state index in [1.165, 1.54) is 18.2 Å². The Kier molecular flexibility index (Phi) is 3.96. The molecule has 0 amide bonds. The van der Waals surface area contributed by atoms with Gasteiger partial charge in [-0.25, -0.2) is 8.42 Å². The summed E-state index contributed by atoms with van der Waals surface area (Å²) in [4.78, 5) is 0.115. The van der Waals surface area contributed by atoms with Crippen LogP contribution in [0.25, 0.3) is 0 Å². The lowest BCUT2D eigenvalue weighted by Crippen LogP contribution is -2.35. The summed E-state index contributed by atoms with van der Waals surface area (Å²) in [5.41, 5.74) is 0.370. The van der Waals surface area contributed by atoms with E-state index < -0.39 is 10.0 Å². The van der Waals surface area contributed by atoms with Gasteiger partial charge in [0, 0.05) is 13.1 Å². The van der Waals surface area contributed by atoms with Gasteiger partial charge in [-0.3, -0.25) is 0 Å². The summed E-state index contributed by atoms with van der Waals surface area (Å²) < 4.78 is 27.3. The minimum Gasteiger partial charge on any atom is -0.207 e. The number of halogens is 1. The quantitative estimate of drug-likeness (QED) is 0.808. The van der Waals surface area contributed by atoms with E-state index in [2.05, 4.69) is 0 Å². The van der Waals surface area contributed by atoms with Crippen LogP contribution in [0.4, 0.5) is 0 Å². The molecule has 0 unspecified atom stereocenters. The molecule has 112 valence electrons. The van der Waals surface area contributed by atoms with E-state index in [1.807, 2.05) is 6.07 Å². The molecule has 0 atom stereocenters. The molecule has 0 saturated heterocycles. The molecule has 6 heteroatoms. The lowest BCUT2D eigenvalue weighted by molar-refractivity contribution is 0.382. The van der Waals surface area contributed by atoms with Crippen molar-refractivity contribution in [1.29, 1.82) is 5.26 Å². The number of hydrogen-bond donors (Lipinski definition) is 0. The number of hydrogen-bond acceptors (Lipinski definition) is 3. The van der Waals surface area contributed by atoms with E-state index in [0.29, 0.717) is 30.5 Å². The van der Waals surface area contributed by atoms with Gasteiger partial charge < -0.3 is 0 Å². The Hall–Kier alpha value is -1.09. The van der Waals surface area contributed by atoms with Crippen LogP contribution in [0.3, 0.4) is 0 Å². The minimum absolute atomic E-state index is 0.115. The first-order valence-electron chi connectivity index (χ1n) is 7.20. The second-order valence-corrected chi connectivity index (χ2v) is 8.28. The van der Waals surface area contributed by atoms with Crippen LogP contribution < -0.4 is 0 Å². The summed E-state index contributed by atoms with van der Waals surface area (Å²) in [5.74, 6) is 0.992. The van der Waals surface area contributed by atoms with Crippen molar-refractivity contribution in [3.8, 4) is 6.07 Å². The first kappa shape index (κ1) is 14.8. The molecule has 0 radical (unpaired) electrons. The fraction of sp³-hybridized carbons (Fsp3) is 0.533. The summed E-state index contributed by atoms with van der Waals surface area (Å²) in [6, 6.07) is 6.34.